The number of hydrogen-bond acceptors (Lipinski definition) is 4. The number of nitrogens with one attached hydrogen (secondary N) is 1. The van der Waals surface area contributed by atoms with Gasteiger partial charge in [0.1, 0.15) is 0 Å². The molecule has 1 amide bonds. The Labute approximate surface area is 161 Å². The Morgan fingerprint density at radius 3 is 2.89 bits per heavy atom. The SMILES string of the molecule is Cc1cc(/C=N/NC(=O)c2cccs2)c(C)n1-c1ccc2ncccc2c1. The molecule has 0 saturated heterocycles. The topological polar surface area (TPSA) is 59.3 Å². The quantitative estimate of drug-likeness (QED) is 0.423. The number of rotatable bonds is 4. The Morgan fingerprint density at radius 2 is 2.07 bits per heavy atom. The minimum atomic E-state index is -0.197. The molecule has 0 aliphatic heterocycles. The van der Waals surface area contributed by atoms with Crippen LogP contribution in [0.4, 0.5) is 0 Å². The first-order chi connectivity index (χ1) is 13.1. The lowest BCUT2D eigenvalue weighted by atomic mass is 10.2. The van der Waals surface area contributed by atoms with Crippen LogP contribution in [0, 0.1) is 13.8 Å². The van der Waals surface area contributed by atoms with Gasteiger partial charge in [0.15, 0.2) is 0 Å². The maximum Gasteiger partial charge on any atom is 0.281 e. The van der Waals surface area contributed by atoms with Crippen molar-refractivity contribution >= 4 is 34.4 Å². The summed E-state index contributed by atoms with van der Waals surface area (Å²) in [5.41, 5.74) is 7.75. The highest BCUT2D eigenvalue weighted by atomic mass is 32.1. The van der Waals surface area contributed by atoms with Gasteiger partial charge < -0.3 is 4.57 Å². The van der Waals surface area contributed by atoms with Gasteiger partial charge in [-0.25, -0.2) is 5.43 Å². The summed E-state index contributed by atoms with van der Waals surface area (Å²) >= 11 is 1.39. The average Bonchev–Trinajstić information content (AvgIpc) is 3.30. The number of aryl methyl sites for hydroxylation is 1. The Balaban J connectivity index is 1.61. The van der Waals surface area contributed by atoms with Gasteiger partial charge >= 0.3 is 0 Å². The lowest BCUT2D eigenvalue weighted by molar-refractivity contribution is 0.0959. The second-order valence-electron chi connectivity index (χ2n) is 6.22. The summed E-state index contributed by atoms with van der Waals surface area (Å²) in [6.07, 6.45) is 3.49. The van der Waals surface area contributed by atoms with Crippen LogP contribution in [0.25, 0.3) is 16.6 Å². The fraction of sp³-hybridized carbons (Fsp3) is 0.0952. The van der Waals surface area contributed by atoms with E-state index in [1.54, 1.807) is 18.5 Å². The van der Waals surface area contributed by atoms with Gasteiger partial charge in [0.2, 0.25) is 0 Å². The molecule has 0 fully saturated rings. The van der Waals surface area contributed by atoms with Crippen molar-refractivity contribution in [2.24, 2.45) is 5.10 Å². The second-order valence-corrected chi connectivity index (χ2v) is 7.17. The lowest BCUT2D eigenvalue weighted by Gasteiger charge is -2.10. The number of benzene rings is 1. The summed E-state index contributed by atoms with van der Waals surface area (Å²) in [6.45, 7) is 4.10. The Hall–Kier alpha value is -3.25. The van der Waals surface area contributed by atoms with E-state index in [2.05, 4.69) is 51.3 Å². The van der Waals surface area contributed by atoms with Gasteiger partial charge in [0.05, 0.1) is 16.6 Å². The van der Waals surface area contributed by atoms with Crippen LogP contribution in [0.2, 0.25) is 0 Å². The molecular formula is C21H18N4OS. The minimum Gasteiger partial charge on any atom is -0.318 e. The number of hydrogen-bond donors (Lipinski definition) is 1. The van der Waals surface area contributed by atoms with Gasteiger partial charge in [0, 0.05) is 34.2 Å². The molecule has 0 aliphatic rings. The van der Waals surface area contributed by atoms with Crippen LogP contribution in [0.1, 0.15) is 26.6 Å². The van der Waals surface area contributed by atoms with E-state index in [1.165, 1.54) is 11.3 Å². The maximum absolute atomic E-state index is 12.0. The number of carbonyl (C=O) groups is 1. The van der Waals surface area contributed by atoms with Crippen LogP contribution < -0.4 is 5.43 Å². The third-order valence-corrected chi connectivity index (χ3v) is 5.30. The zero-order valence-electron chi connectivity index (χ0n) is 15.0. The number of pyridine rings is 1. The van der Waals surface area contributed by atoms with Crippen LogP contribution in [0.3, 0.4) is 0 Å². The molecule has 1 N–H and O–H groups in total. The van der Waals surface area contributed by atoms with Crippen molar-refractivity contribution in [2.75, 3.05) is 0 Å². The molecule has 0 unspecified atom stereocenters. The largest absolute Gasteiger partial charge is 0.318 e. The molecule has 1 aromatic carbocycles. The molecule has 3 aromatic heterocycles. The van der Waals surface area contributed by atoms with E-state index in [0.29, 0.717) is 4.88 Å². The molecule has 5 nitrogen and oxygen atoms in total. The Bertz CT molecular complexity index is 1140. The highest BCUT2D eigenvalue weighted by Gasteiger charge is 2.10. The number of amides is 1. The first-order valence-corrected chi connectivity index (χ1v) is 9.42. The van der Waals surface area contributed by atoms with Crippen LogP contribution in [0.5, 0.6) is 0 Å². The second kappa shape index (κ2) is 7.17. The molecule has 0 radical (unpaired) electrons. The molecule has 4 aromatic rings. The van der Waals surface area contributed by atoms with Gasteiger partial charge in [-0.3, -0.25) is 9.78 Å². The van der Waals surface area contributed by atoms with Gasteiger partial charge in [-0.1, -0.05) is 12.1 Å². The first kappa shape index (κ1) is 17.2. The van der Waals surface area contributed by atoms with Crippen LogP contribution in [-0.2, 0) is 0 Å². The van der Waals surface area contributed by atoms with Crippen molar-refractivity contribution < 1.29 is 4.79 Å². The molecule has 3 heterocycles. The van der Waals surface area contributed by atoms with E-state index in [4.69, 9.17) is 0 Å². The molecule has 0 saturated carbocycles. The fourth-order valence-corrected chi connectivity index (χ4v) is 3.75. The highest BCUT2D eigenvalue weighted by molar-refractivity contribution is 7.12. The van der Waals surface area contributed by atoms with Crippen LogP contribution >= 0.6 is 11.3 Å². The van der Waals surface area contributed by atoms with Gasteiger partial charge in [0.25, 0.3) is 5.91 Å². The van der Waals surface area contributed by atoms with Crippen molar-refractivity contribution in [3.05, 3.63) is 81.9 Å². The predicted molar refractivity (Wildman–Crippen MR) is 110 cm³/mol. The van der Waals surface area contributed by atoms with Crippen molar-refractivity contribution in [3.63, 3.8) is 0 Å². The van der Waals surface area contributed by atoms with Crippen molar-refractivity contribution in [3.8, 4) is 5.69 Å². The predicted octanol–water partition coefficient (Wildman–Crippen LogP) is 4.47. The van der Waals surface area contributed by atoms with E-state index < -0.39 is 0 Å². The minimum absolute atomic E-state index is 0.197. The molecule has 6 heteroatoms. The van der Waals surface area contributed by atoms with E-state index in [-0.39, 0.29) is 5.91 Å². The van der Waals surface area contributed by atoms with E-state index in [0.717, 1.165) is 33.5 Å². The summed E-state index contributed by atoms with van der Waals surface area (Å²) in [5.74, 6) is -0.197. The van der Waals surface area contributed by atoms with Gasteiger partial charge in [-0.05, 0) is 55.6 Å². The summed E-state index contributed by atoms with van der Waals surface area (Å²) in [7, 11) is 0. The molecule has 0 spiro atoms. The van der Waals surface area contributed by atoms with Crippen molar-refractivity contribution in [1.82, 2.24) is 15.0 Å². The molecule has 134 valence electrons. The van der Waals surface area contributed by atoms with Crippen LogP contribution in [0.15, 0.2) is 65.2 Å². The molecule has 0 aliphatic carbocycles. The number of aromatic nitrogens is 2. The standard InChI is InChI=1S/C21H18N4OS/c1-14-11-17(13-23-24-21(26)20-6-4-10-27-20)15(2)25(14)18-7-8-19-16(12-18)5-3-9-22-19/h3-13H,1-2H3,(H,24,26)/b23-13+. The number of fused-ring (bicyclic) bond motifs is 1. The first-order valence-electron chi connectivity index (χ1n) is 8.54. The van der Waals surface area contributed by atoms with Crippen molar-refractivity contribution in [1.29, 1.82) is 0 Å². The third-order valence-electron chi connectivity index (χ3n) is 4.43. The fourth-order valence-electron chi connectivity index (χ4n) is 3.14. The average molecular weight is 374 g/mol. The third kappa shape index (κ3) is 3.39. The summed E-state index contributed by atoms with van der Waals surface area (Å²) in [5, 5.41) is 7.08. The Morgan fingerprint density at radius 1 is 1.19 bits per heavy atom. The normalized spacial score (nSPS) is 11.3. The highest BCUT2D eigenvalue weighted by Crippen LogP contribution is 2.23. The summed E-state index contributed by atoms with van der Waals surface area (Å²) in [6, 6.07) is 15.9. The number of nitrogens with zero attached hydrogens (tertiary/aromatic N) is 3. The molecule has 0 atom stereocenters. The number of thiophene rings is 1. The van der Waals surface area contributed by atoms with E-state index >= 15 is 0 Å². The molecule has 4 rings (SSSR count). The zero-order valence-corrected chi connectivity index (χ0v) is 15.8. The maximum atomic E-state index is 12.0. The zero-order chi connectivity index (χ0) is 18.8. The summed E-state index contributed by atoms with van der Waals surface area (Å²) in [4.78, 5) is 17.0. The van der Waals surface area contributed by atoms with Crippen molar-refractivity contribution in [2.45, 2.75) is 13.8 Å². The van der Waals surface area contributed by atoms with Crippen LogP contribution in [-0.4, -0.2) is 21.7 Å². The molecule has 27 heavy (non-hydrogen) atoms. The monoisotopic (exact) mass is 374 g/mol. The Kier molecular flexibility index (Phi) is 4.56. The van der Waals surface area contributed by atoms with Gasteiger partial charge in [-0.15, -0.1) is 11.3 Å². The van der Waals surface area contributed by atoms with E-state index in [1.807, 2.05) is 30.5 Å². The number of carbonyl (C=O) groups excluding carboxylic acids is 1. The smallest absolute Gasteiger partial charge is 0.281 e. The lowest BCUT2D eigenvalue weighted by Crippen LogP contribution is -2.16. The number of hydrazone groups is 1. The van der Waals surface area contributed by atoms with E-state index in [9.17, 15) is 4.79 Å². The summed E-state index contributed by atoms with van der Waals surface area (Å²) < 4.78 is 2.18. The molecule has 0 bridgehead atoms. The molecular weight excluding hydrogens is 356 g/mol. The van der Waals surface area contributed by atoms with Gasteiger partial charge in [-0.2, -0.15) is 5.10 Å².